The van der Waals surface area contributed by atoms with Crippen LogP contribution in [0, 0.1) is 6.92 Å². The van der Waals surface area contributed by atoms with Crippen molar-refractivity contribution in [3.8, 4) is 17.4 Å². The van der Waals surface area contributed by atoms with Crippen LogP contribution in [0.25, 0.3) is 0 Å². The zero-order chi connectivity index (χ0) is 23.5. The molecule has 0 aliphatic carbocycles. The summed E-state index contributed by atoms with van der Waals surface area (Å²) < 4.78 is 17.2. The number of nitrogens with zero attached hydrogens (tertiary/aromatic N) is 4. The minimum Gasteiger partial charge on any atom is -0.496 e. The minimum absolute atomic E-state index is 0.0818. The smallest absolute Gasteiger partial charge is 0.257 e. The molecule has 1 aromatic heterocycles. The molecule has 1 saturated heterocycles. The average molecular weight is 461 g/mol. The van der Waals surface area contributed by atoms with Gasteiger partial charge in [-0.3, -0.25) is 4.79 Å². The zero-order valence-electron chi connectivity index (χ0n) is 19.5. The van der Waals surface area contributed by atoms with E-state index >= 15 is 0 Å². The Kier molecular flexibility index (Phi) is 6.31. The highest BCUT2D eigenvalue weighted by atomic mass is 16.5. The Bertz CT molecular complexity index is 1180. The SMILES string of the molecule is COc1ccccc1C(=O)N1CCc2nc(N3CCOCC3)nc(Oc3ccc(C)cc3)c2C1. The van der Waals surface area contributed by atoms with Crippen molar-refractivity contribution in [3.63, 3.8) is 0 Å². The topological polar surface area (TPSA) is 77.0 Å². The summed E-state index contributed by atoms with van der Waals surface area (Å²) in [5.74, 6) is 2.32. The van der Waals surface area contributed by atoms with Crippen molar-refractivity contribution in [2.45, 2.75) is 19.9 Å². The van der Waals surface area contributed by atoms with Crippen LogP contribution in [0.2, 0.25) is 0 Å². The van der Waals surface area contributed by atoms with Crippen molar-refractivity contribution in [3.05, 3.63) is 70.9 Å². The van der Waals surface area contributed by atoms with Gasteiger partial charge in [0.15, 0.2) is 0 Å². The molecule has 0 bridgehead atoms. The first-order valence-electron chi connectivity index (χ1n) is 11.5. The highest BCUT2D eigenvalue weighted by molar-refractivity contribution is 5.97. The molecule has 0 unspecified atom stereocenters. The van der Waals surface area contributed by atoms with Crippen LogP contribution in [0.4, 0.5) is 5.95 Å². The van der Waals surface area contributed by atoms with Gasteiger partial charge in [-0.05, 0) is 31.2 Å². The van der Waals surface area contributed by atoms with Gasteiger partial charge < -0.3 is 24.0 Å². The number of hydrogen-bond acceptors (Lipinski definition) is 7. The zero-order valence-corrected chi connectivity index (χ0v) is 19.5. The molecule has 2 aliphatic heterocycles. The van der Waals surface area contributed by atoms with Gasteiger partial charge in [-0.25, -0.2) is 4.98 Å². The van der Waals surface area contributed by atoms with E-state index in [9.17, 15) is 4.79 Å². The molecule has 0 N–H and O–H groups in total. The summed E-state index contributed by atoms with van der Waals surface area (Å²) >= 11 is 0. The quantitative estimate of drug-likeness (QED) is 0.576. The maximum absolute atomic E-state index is 13.4. The summed E-state index contributed by atoms with van der Waals surface area (Å²) in [5, 5.41) is 0. The molecular formula is C26H28N4O4. The normalized spacial score (nSPS) is 15.6. The lowest BCUT2D eigenvalue weighted by Crippen LogP contribution is -2.39. The predicted octanol–water partition coefficient (Wildman–Crippen LogP) is 3.62. The number of aryl methyl sites for hydroxylation is 1. The number of ether oxygens (including phenoxy) is 3. The number of morpholine rings is 1. The lowest BCUT2D eigenvalue weighted by Gasteiger charge is -2.32. The Morgan fingerprint density at radius 3 is 2.53 bits per heavy atom. The molecule has 8 heteroatoms. The summed E-state index contributed by atoms with van der Waals surface area (Å²) in [7, 11) is 1.58. The molecule has 1 fully saturated rings. The number of hydrogen-bond donors (Lipinski definition) is 0. The number of methoxy groups -OCH3 is 1. The van der Waals surface area contributed by atoms with Crippen molar-refractivity contribution >= 4 is 11.9 Å². The van der Waals surface area contributed by atoms with Crippen LogP contribution >= 0.6 is 0 Å². The Hall–Kier alpha value is -3.65. The number of carbonyl (C=O) groups is 1. The van der Waals surface area contributed by atoms with Gasteiger partial charge in [-0.15, -0.1) is 0 Å². The van der Waals surface area contributed by atoms with Crippen LogP contribution in [0.1, 0.15) is 27.2 Å². The third-order valence-corrected chi connectivity index (χ3v) is 6.16. The largest absolute Gasteiger partial charge is 0.496 e. The summed E-state index contributed by atoms with van der Waals surface area (Å²) in [4.78, 5) is 27.0. The first kappa shape index (κ1) is 22.2. The molecular weight excluding hydrogens is 432 g/mol. The lowest BCUT2D eigenvalue weighted by molar-refractivity contribution is 0.0728. The molecule has 0 spiro atoms. The van der Waals surface area contributed by atoms with Crippen LogP contribution in [-0.2, 0) is 17.7 Å². The van der Waals surface area contributed by atoms with Gasteiger partial charge in [0.1, 0.15) is 11.5 Å². The lowest BCUT2D eigenvalue weighted by atomic mass is 10.0. The van der Waals surface area contributed by atoms with E-state index in [0.29, 0.717) is 61.6 Å². The number of fused-ring (bicyclic) bond motifs is 1. The van der Waals surface area contributed by atoms with Gasteiger partial charge in [-0.2, -0.15) is 4.98 Å². The number of anilines is 1. The first-order valence-corrected chi connectivity index (χ1v) is 11.5. The molecule has 34 heavy (non-hydrogen) atoms. The Morgan fingerprint density at radius 1 is 1.00 bits per heavy atom. The fraction of sp³-hybridized carbons (Fsp3) is 0.346. The summed E-state index contributed by atoms with van der Waals surface area (Å²) in [5.41, 5.74) is 3.45. The summed E-state index contributed by atoms with van der Waals surface area (Å²) in [6.07, 6.45) is 0.625. The highest BCUT2D eigenvalue weighted by Crippen LogP contribution is 2.33. The molecule has 5 rings (SSSR count). The molecule has 176 valence electrons. The third-order valence-electron chi connectivity index (χ3n) is 6.16. The van der Waals surface area contributed by atoms with Gasteiger partial charge in [0, 0.05) is 26.1 Å². The number of benzene rings is 2. The number of rotatable bonds is 5. The van der Waals surface area contributed by atoms with Crippen LogP contribution in [0.5, 0.6) is 17.4 Å². The Morgan fingerprint density at radius 2 is 1.76 bits per heavy atom. The number of amides is 1. The van der Waals surface area contributed by atoms with E-state index in [1.54, 1.807) is 24.1 Å². The standard InChI is InChI=1S/C26H28N4O4/c1-18-7-9-19(10-8-18)34-24-21-17-30(25(31)20-5-3-4-6-23(20)32-2)12-11-22(21)27-26(28-24)29-13-15-33-16-14-29/h3-10H,11-17H2,1-2H3. The van der Waals surface area contributed by atoms with Gasteiger partial charge in [0.2, 0.25) is 11.8 Å². The second-order valence-corrected chi connectivity index (χ2v) is 8.45. The third kappa shape index (κ3) is 4.54. The molecule has 8 nitrogen and oxygen atoms in total. The fourth-order valence-corrected chi connectivity index (χ4v) is 4.24. The minimum atomic E-state index is -0.0818. The van der Waals surface area contributed by atoms with E-state index in [1.807, 2.05) is 43.3 Å². The Labute approximate surface area is 199 Å². The maximum atomic E-state index is 13.4. The van der Waals surface area contributed by atoms with E-state index in [2.05, 4.69) is 4.90 Å². The molecule has 0 atom stereocenters. The van der Waals surface area contributed by atoms with Crippen molar-refractivity contribution in [1.29, 1.82) is 0 Å². The van der Waals surface area contributed by atoms with Crippen LogP contribution in [0.15, 0.2) is 48.5 Å². The molecule has 1 amide bonds. The molecule has 2 aliphatic rings. The fourth-order valence-electron chi connectivity index (χ4n) is 4.24. The van der Waals surface area contributed by atoms with Gasteiger partial charge in [-0.1, -0.05) is 29.8 Å². The van der Waals surface area contributed by atoms with Crippen molar-refractivity contribution < 1.29 is 19.0 Å². The molecule has 3 heterocycles. The van der Waals surface area contributed by atoms with Gasteiger partial charge in [0.05, 0.1) is 43.7 Å². The first-order chi connectivity index (χ1) is 16.6. The van der Waals surface area contributed by atoms with E-state index in [1.165, 1.54) is 0 Å². The van der Waals surface area contributed by atoms with E-state index in [0.717, 1.165) is 29.9 Å². The monoisotopic (exact) mass is 460 g/mol. The second kappa shape index (κ2) is 9.69. The number of aromatic nitrogens is 2. The number of carbonyl (C=O) groups excluding carboxylic acids is 1. The van der Waals surface area contributed by atoms with E-state index in [-0.39, 0.29) is 5.91 Å². The van der Waals surface area contributed by atoms with Crippen LogP contribution in [-0.4, -0.2) is 60.7 Å². The van der Waals surface area contributed by atoms with Gasteiger partial charge >= 0.3 is 0 Å². The van der Waals surface area contributed by atoms with Crippen LogP contribution < -0.4 is 14.4 Å². The Balaban J connectivity index is 1.48. The summed E-state index contributed by atoms with van der Waals surface area (Å²) in [6, 6.07) is 15.2. The van der Waals surface area contributed by atoms with Crippen molar-refractivity contribution in [2.75, 3.05) is 44.9 Å². The van der Waals surface area contributed by atoms with Crippen molar-refractivity contribution in [1.82, 2.24) is 14.9 Å². The maximum Gasteiger partial charge on any atom is 0.257 e. The van der Waals surface area contributed by atoms with E-state index in [4.69, 9.17) is 24.2 Å². The average Bonchev–Trinajstić information content (AvgIpc) is 2.89. The van der Waals surface area contributed by atoms with Crippen LogP contribution in [0.3, 0.4) is 0 Å². The number of para-hydroxylation sites is 1. The van der Waals surface area contributed by atoms with Gasteiger partial charge in [0.25, 0.3) is 5.91 Å². The predicted molar refractivity (Wildman–Crippen MR) is 128 cm³/mol. The second-order valence-electron chi connectivity index (χ2n) is 8.45. The summed E-state index contributed by atoms with van der Waals surface area (Å²) in [6.45, 7) is 5.74. The van der Waals surface area contributed by atoms with E-state index < -0.39 is 0 Å². The highest BCUT2D eigenvalue weighted by Gasteiger charge is 2.29. The van der Waals surface area contributed by atoms with Crippen molar-refractivity contribution in [2.24, 2.45) is 0 Å². The molecule has 2 aromatic carbocycles. The molecule has 3 aromatic rings. The molecule has 0 radical (unpaired) electrons. The molecule has 0 saturated carbocycles.